The summed E-state index contributed by atoms with van der Waals surface area (Å²) >= 11 is 9.28. The monoisotopic (exact) mass is 359 g/mol. The topological polar surface area (TPSA) is 83.5 Å². The summed E-state index contributed by atoms with van der Waals surface area (Å²) in [5.41, 5.74) is 0. The second kappa shape index (κ2) is 5.49. The van der Waals surface area contributed by atoms with Gasteiger partial charge in [-0.3, -0.25) is 0 Å². The lowest BCUT2D eigenvalue weighted by Crippen LogP contribution is -2.24. The highest BCUT2D eigenvalue weighted by Gasteiger charge is 2.22. The van der Waals surface area contributed by atoms with Gasteiger partial charge >= 0.3 is 5.97 Å². The van der Waals surface area contributed by atoms with Gasteiger partial charge < -0.3 is 5.11 Å². The summed E-state index contributed by atoms with van der Waals surface area (Å²) in [7, 11) is -3.79. The third-order valence-electron chi connectivity index (χ3n) is 1.61. The van der Waals surface area contributed by atoms with Crippen molar-refractivity contribution in [2.45, 2.75) is 4.90 Å². The van der Waals surface area contributed by atoms with Gasteiger partial charge in [0, 0.05) is 11.6 Å². The van der Waals surface area contributed by atoms with Crippen LogP contribution >= 0.6 is 38.9 Å². The average Bonchev–Trinajstić information content (AvgIpc) is 2.58. The number of carbonyl (C=O) groups is 1. The molecule has 0 unspecified atom stereocenters. The van der Waals surface area contributed by atoms with Crippen LogP contribution in [0, 0.1) is 0 Å². The van der Waals surface area contributed by atoms with Gasteiger partial charge in [-0.25, -0.2) is 17.9 Å². The summed E-state index contributed by atoms with van der Waals surface area (Å²) in [6.07, 6.45) is 0. The maximum absolute atomic E-state index is 11.8. The molecule has 2 N–H and O–H groups in total. The molecule has 0 aliphatic heterocycles. The predicted molar refractivity (Wildman–Crippen MR) is 69.2 cm³/mol. The van der Waals surface area contributed by atoms with Gasteiger partial charge in [0.05, 0.1) is 3.79 Å². The molecule has 0 aliphatic carbocycles. The SMILES string of the molecule is C=C(Cl)CNS(=O)(=O)c1cc(C(=O)O)sc1Br. The van der Waals surface area contributed by atoms with E-state index in [4.69, 9.17) is 16.7 Å². The molecule has 17 heavy (non-hydrogen) atoms. The van der Waals surface area contributed by atoms with E-state index in [-0.39, 0.29) is 25.1 Å². The maximum Gasteiger partial charge on any atom is 0.345 e. The standard InChI is InChI=1S/C8H7BrClNO4S2/c1-4(10)3-11-17(14,15)6-2-5(8(12)13)16-7(6)9/h2,11H,1,3H2,(H,12,13). The van der Waals surface area contributed by atoms with Crippen LogP contribution in [0.15, 0.2) is 26.4 Å². The molecule has 5 nitrogen and oxygen atoms in total. The summed E-state index contributed by atoms with van der Waals surface area (Å²) in [4.78, 5) is 10.5. The highest BCUT2D eigenvalue weighted by atomic mass is 79.9. The van der Waals surface area contributed by atoms with Crippen molar-refractivity contribution in [2.24, 2.45) is 0 Å². The molecule has 0 radical (unpaired) electrons. The van der Waals surface area contributed by atoms with Crippen molar-refractivity contribution in [3.05, 3.63) is 26.3 Å². The first-order valence-electron chi connectivity index (χ1n) is 4.09. The quantitative estimate of drug-likeness (QED) is 0.843. The summed E-state index contributed by atoms with van der Waals surface area (Å²) < 4.78 is 25.9. The average molecular weight is 361 g/mol. The molecule has 0 atom stereocenters. The Morgan fingerprint density at radius 1 is 1.65 bits per heavy atom. The number of hydrogen-bond acceptors (Lipinski definition) is 4. The van der Waals surface area contributed by atoms with Gasteiger partial charge in [-0.1, -0.05) is 18.2 Å². The molecule has 0 saturated carbocycles. The number of sulfonamides is 1. The normalized spacial score (nSPS) is 11.4. The van der Waals surface area contributed by atoms with E-state index in [1.807, 2.05) is 0 Å². The Labute approximate surface area is 115 Å². The fourth-order valence-electron chi connectivity index (χ4n) is 0.892. The number of carboxylic acid groups (broad SMARTS) is 1. The van der Waals surface area contributed by atoms with E-state index >= 15 is 0 Å². The number of carboxylic acids is 1. The molecule has 0 aliphatic rings. The Morgan fingerprint density at radius 3 is 2.65 bits per heavy atom. The van der Waals surface area contributed by atoms with Crippen molar-refractivity contribution >= 4 is 54.9 Å². The molecule has 1 aromatic rings. The number of rotatable bonds is 5. The van der Waals surface area contributed by atoms with Crippen molar-refractivity contribution in [1.29, 1.82) is 0 Å². The molecule has 0 fully saturated rings. The molecular formula is C8H7BrClNO4S2. The summed E-state index contributed by atoms with van der Waals surface area (Å²) in [5, 5.41) is 8.88. The van der Waals surface area contributed by atoms with Gasteiger partial charge in [-0.05, 0) is 22.0 Å². The van der Waals surface area contributed by atoms with Crippen LogP contribution in [0.5, 0.6) is 0 Å². The summed E-state index contributed by atoms with van der Waals surface area (Å²) in [6.45, 7) is 3.23. The smallest absolute Gasteiger partial charge is 0.345 e. The number of halogens is 2. The van der Waals surface area contributed by atoms with Crippen LogP contribution in [0.4, 0.5) is 0 Å². The first-order chi connectivity index (χ1) is 7.74. The van der Waals surface area contributed by atoms with E-state index in [0.29, 0.717) is 0 Å². The lowest BCUT2D eigenvalue weighted by molar-refractivity contribution is 0.0702. The second-order valence-corrected chi connectivity index (χ2v) is 7.54. The zero-order valence-corrected chi connectivity index (χ0v) is 12.2. The predicted octanol–water partition coefficient (Wildman–Crippen LogP) is 2.24. The maximum atomic E-state index is 11.8. The van der Waals surface area contributed by atoms with E-state index < -0.39 is 16.0 Å². The first kappa shape index (κ1) is 14.7. The fourth-order valence-corrected chi connectivity index (χ4v) is 4.46. The van der Waals surface area contributed by atoms with Crippen LogP contribution in [0.2, 0.25) is 0 Å². The fraction of sp³-hybridized carbons (Fsp3) is 0.125. The Kier molecular flexibility index (Phi) is 4.73. The molecule has 0 amide bonds. The molecule has 94 valence electrons. The van der Waals surface area contributed by atoms with Crippen molar-refractivity contribution < 1.29 is 18.3 Å². The molecule has 0 saturated heterocycles. The lowest BCUT2D eigenvalue weighted by Gasteiger charge is -2.03. The molecule has 0 bridgehead atoms. The number of hydrogen-bond donors (Lipinski definition) is 2. The Bertz CT molecular complexity index is 566. The van der Waals surface area contributed by atoms with E-state index in [1.165, 1.54) is 0 Å². The van der Waals surface area contributed by atoms with Crippen LogP contribution in [-0.2, 0) is 10.0 Å². The molecule has 1 aromatic heterocycles. The van der Waals surface area contributed by atoms with Crippen LogP contribution in [0.3, 0.4) is 0 Å². The van der Waals surface area contributed by atoms with E-state index in [0.717, 1.165) is 17.4 Å². The van der Waals surface area contributed by atoms with Crippen molar-refractivity contribution in [3.8, 4) is 0 Å². The molecule has 1 heterocycles. The molecule has 9 heteroatoms. The minimum absolute atomic E-state index is 0.0676. The highest BCUT2D eigenvalue weighted by Crippen LogP contribution is 2.31. The number of nitrogens with one attached hydrogen (secondary N) is 1. The zero-order chi connectivity index (χ0) is 13.2. The first-order valence-corrected chi connectivity index (χ1v) is 7.56. The van der Waals surface area contributed by atoms with Gasteiger partial charge in [-0.2, -0.15) is 0 Å². The van der Waals surface area contributed by atoms with Gasteiger partial charge in [-0.15, -0.1) is 11.3 Å². The van der Waals surface area contributed by atoms with E-state index in [1.54, 1.807) is 0 Å². The van der Waals surface area contributed by atoms with Crippen molar-refractivity contribution in [1.82, 2.24) is 4.72 Å². The van der Waals surface area contributed by atoms with Crippen LogP contribution in [-0.4, -0.2) is 26.0 Å². The Balaban J connectivity index is 3.07. The van der Waals surface area contributed by atoms with Crippen molar-refractivity contribution in [3.63, 3.8) is 0 Å². The molecular weight excluding hydrogens is 354 g/mol. The van der Waals surface area contributed by atoms with Gasteiger partial charge in [0.2, 0.25) is 10.0 Å². The number of aromatic carboxylic acids is 1. The second-order valence-electron chi connectivity index (χ2n) is 2.90. The summed E-state index contributed by atoms with van der Waals surface area (Å²) in [5.74, 6) is -1.18. The van der Waals surface area contributed by atoms with E-state index in [9.17, 15) is 13.2 Å². The molecule has 0 spiro atoms. The highest BCUT2D eigenvalue weighted by molar-refractivity contribution is 9.11. The Morgan fingerprint density at radius 2 is 2.24 bits per heavy atom. The Hall–Kier alpha value is -0.410. The van der Waals surface area contributed by atoms with Gasteiger partial charge in [0.25, 0.3) is 0 Å². The van der Waals surface area contributed by atoms with Gasteiger partial charge in [0.15, 0.2) is 0 Å². The lowest BCUT2D eigenvalue weighted by atomic mass is 10.5. The number of thiophene rings is 1. The van der Waals surface area contributed by atoms with Crippen LogP contribution in [0.1, 0.15) is 9.67 Å². The molecule has 0 aromatic carbocycles. The van der Waals surface area contributed by atoms with Gasteiger partial charge in [0.1, 0.15) is 9.77 Å². The van der Waals surface area contributed by atoms with Crippen LogP contribution in [0.25, 0.3) is 0 Å². The zero-order valence-electron chi connectivity index (χ0n) is 8.24. The molecule has 1 rings (SSSR count). The third kappa shape index (κ3) is 3.78. The minimum Gasteiger partial charge on any atom is -0.477 e. The van der Waals surface area contributed by atoms with Crippen LogP contribution < -0.4 is 4.72 Å². The van der Waals surface area contributed by atoms with E-state index in [2.05, 4.69) is 27.2 Å². The minimum atomic E-state index is -3.79. The van der Waals surface area contributed by atoms with Crippen molar-refractivity contribution in [2.75, 3.05) is 6.54 Å². The third-order valence-corrected chi connectivity index (χ3v) is 5.38. The largest absolute Gasteiger partial charge is 0.477 e. The summed E-state index contributed by atoms with van der Waals surface area (Å²) in [6, 6.07) is 1.08.